The van der Waals surface area contributed by atoms with E-state index >= 15 is 4.39 Å². The average Bonchev–Trinajstić information content (AvgIpc) is 3.04. The number of esters is 3. The molecule has 5 rings (SSSR count). The van der Waals surface area contributed by atoms with Gasteiger partial charge in [0.05, 0.1) is 16.7 Å². The normalized spacial score (nSPS) is 21.4. The number of benzene rings is 4. The molecule has 0 saturated carbocycles. The molecule has 0 N–H and O–H groups in total. The zero-order chi connectivity index (χ0) is 30.2. The van der Waals surface area contributed by atoms with Crippen LogP contribution in [-0.4, -0.2) is 54.4 Å². The number of ether oxygens (including phenoxy) is 4. The number of carbonyl (C=O) groups is 3. The highest BCUT2D eigenvalue weighted by Crippen LogP contribution is 2.34. The molecule has 43 heavy (non-hydrogen) atoms. The lowest BCUT2D eigenvalue weighted by Crippen LogP contribution is -2.61. The number of thioether (sulfide) groups is 1. The van der Waals surface area contributed by atoms with Crippen molar-refractivity contribution >= 4 is 41.3 Å². The Kier molecular flexibility index (Phi) is 10.1. The van der Waals surface area contributed by atoms with E-state index in [1.807, 2.05) is 0 Å². The summed E-state index contributed by atoms with van der Waals surface area (Å²) < 4.78 is 38.8. The maximum atomic E-state index is 15.8. The fourth-order valence-corrected chi connectivity index (χ4v) is 5.49. The van der Waals surface area contributed by atoms with Crippen LogP contribution >= 0.6 is 23.4 Å². The minimum absolute atomic E-state index is 0.105. The van der Waals surface area contributed by atoms with Gasteiger partial charge in [-0.2, -0.15) is 0 Å². The van der Waals surface area contributed by atoms with Crippen LogP contribution in [0.5, 0.6) is 0 Å². The average molecular weight is 621 g/mol. The largest absolute Gasteiger partial charge is 0.452 e. The van der Waals surface area contributed by atoms with E-state index in [1.54, 1.807) is 91.0 Å². The first kappa shape index (κ1) is 30.3. The molecule has 0 aliphatic carbocycles. The summed E-state index contributed by atoms with van der Waals surface area (Å²) in [6.07, 6.45) is -7.94. The van der Waals surface area contributed by atoms with E-state index in [9.17, 15) is 14.4 Å². The smallest absolute Gasteiger partial charge is 0.338 e. The zero-order valence-corrected chi connectivity index (χ0v) is 24.2. The predicted molar refractivity (Wildman–Crippen MR) is 159 cm³/mol. The molecule has 1 heterocycles. The van der Waals surface area contributed by atoms with Gasteiger partial charge in [-0.15, -0.1) is 11.8 Å². The summed E-state index contributed by atoms with van der Waals surface area (Å²) in [4.78, 5) is 40.3. The number of hydrogen-bond donors (Lipinski definition) is 0. The first-order valence-corrected chi connectivity index (χ1v) is 14.7. The molecule has 4 aromatic rings. The van der Waals surface area contributed by atoms with Crippen molar-refractivity contribution in [2.45, 2.75) is 35.7 Å². The molecule has 0 spiro atoms. The summed E-state index contributed by atoms with van der Waals surface area (Å²) in [6.45, 7) is 0. The minimum Gasteiger partial charge on any atom is -0.452 e. The summed E-state index contributed by atoms with van der Waals surface area (Å²) in [7, 11) is 0. The first-order valence-electron chi connectivity index (χ1n) is 13.3. The van der Waals surface area contributed by atoms with Crippen LogP contribution in [0.4, 0.5) is 4.39 Å². The van der Waals surface area contributed by atoms with Crippen LogP contribution in [0.1, 0.15) is 31.1 Å². The topological polar surface area (TPSA) is 88.1 Å². The van der Waals surface area contributed by atoms with Crippen molar-refractivity contribution < 1.29 is 37.7 Å². The fourth-order valence-electron chi connectivity index (χ4n) is 4.41. The number of carbonyl (C=O) groups excluding carboxylic acids is 3. The molecule has 0 bridgehead atoms. The van der Waals surface area contributed by atoms with E-state index in [2.05, 4.69) is 0 Å². The van der Waals surface area contributed by atoms with Gasteiger partial charge in [0.2, 0.25) is 6.36 Å². The third kappa shape index (κ3) is 7.81. The van der Waals surface area contributed by atoms with Crippen molar-refractivity contribution in [1.29, 1.82) is 0 Å². The van der Waals surface area contributed by atoms with Crippen molar-refractivity contribution in [2.24, 2.45) is 0 Å². The molecule has 0 radical (unpaired) electrons. The van der Waals surface area contributed by atoms with Crippen LogP contribution in [0.15, 0.2) is 120 Å². The van der Waals surface area contributed by atoms with E-state index in [1.165, 1.54) is 36.0 Å². The molecular weight excluding hydrogens is 595 g/mol. The Bertz CT molecular complexity index is 1520. The quantitative estimate of drug-likeness (QED) is 0.115. The van der Waals surface area contributed by atoms with E-state index in [0.717, 1.165) is 4.90 Å². The molecule has 10 heteroatoms. The molecule has 0 aromatic heterocycles. The first-order chi connectivity index (χ1) is 20.9. The fraction of sp³-hybridized carbons (Fsp3) is 0.182. The van der Waals surface area contributed by atoms with E-state index in [-0.39, 0.29) is 22.4 Å². The molecular formula is C33H26ClFO7S. The second kappa shape index (κ2) is 14.3. The van der Waals surface area contributed by atoms with Gasteiger partial charge in [-0.1, -0.05) is 66.2 Å². The number of rotatable bonds is 9. The Balaban J connectivity index is 1.48. The van der Waals surface area contributed by atoms with Crippen molar-refractivity contribution in [3.8, 4) is 0 Å². The van der Waals surface area contributed by atoms with E-state index < -0.39 is 48.7 Å². The molecule has 1 aliphatic rings. The molecule has 7 nitrogen and oxygen atoms in total. The maximum Gasteiger partial charge on any atom is 0.338 e. The van der Waals surface area contributed by atoms with Gasteiger partial charge in [-0.25, -0.2) is 18.8 Å². The zero-order valence-electron chi connectivity index (χ0n) is 22.6. The van der Waals surface area contributed by atoms with Crippen LogP contribution in [0, 0.1) is 0 Å². The van der Waals surface area contributed by atoms with Crippen LogP contribution in [-0.2, 0) is 18.9 Å². The van der Waals surface area contributed by atoms with Crippen molar-refractivity contribution in [1.82, 2.24) is 0 Å². The Morgan fingerprint density at radius 2 is 1.05 bits per heavy atom. The highest BCUT2D eigenvalue weighted by Gasteiger charge is 2.53. The van der Waals surface area contributed by atoms with Crippen LogP contribution < -0.4 is 0 Å². The van der Waals surface area contributed by atoms with Gasteiger partial charge in [-0.05, 0) is 60.7 Å². The number of hydrogen-bond acceptors (Lipinski definition) is 8. The van der Waals surface area contributed by atoms with Gasteiger partial charge in [0.1, 0.15) is 6.10 Å². The van der Waals surface area contributed by atoms with Gasteiger partial charge in [0.15, 0.2) is 18.3 Å². The van der Waals surface area contributed by atoms with Gasteiger partial charge >= 0.3 is 17.9 Å². The molecule has 5 atom stereocenters. The Hall–Kier alpha value is -4.18. The molecule has 4 aromatic carbocycles. The molecule has 0 unspecified atom stereocenters. The summed E-state index contributed by atoms with van der Waals surface area (Å²) in [5, 5.41) is 0.549. The predicted octanol–water partition coefficient (Wildman–Crippen LogP) is 6.80. The lowest BCUT2D eigenvalue weighted by molar-refractivity contribution is -0.250. The maximum absolute atomic E-state index is 15.8. The van der Waals surface area contributed by atoms with E-state index in [0.29, 0.717) is 5.02 Å². The number of alkyl halides is 1. The Morgan fingerprint density at radius 1 is 0.628 bits per heavy atom. The number of halogens is 2. The van der Waals surface area contributed by atoms with Gasteiger partial charge in [-0.3, -0.25) is 0 Å². The molecule has 1 fully saturated rings. The van der Waals surface area contributed by atoms with Crippen molar-refractivity contribution in [3.05, 3.63) is 137 Å². The standard InChI is InChI=1S/C33H26ClFO7S/c34-24-16-18-25(19-17-24)43-20-26-27(40-31(36)21-10-4-1-5-11-21)28(41-32(37)22-12-6-2-7-13-22)29(30(35)39-26)42-33(38)23-14-8-3-9-15-23/h1-19,26-30H,20H2/t26-,27-,28+,29-,30-/m1/s1. The SMILES string of the molecule is O=C(O[C@@H]1[C@@H](OC(=O)c2ccccc2)[C@H](F)O[C@H](CSc2ccc(Cl)cc2)[C@H]1OC(=O)c1ccccc1)c1ccccc1. The third-order valence-electron chi connectivity index (χ3n) is 6.56. The summed E-state index contributed by atoms with van der Waals surface area (Å²) >= 11 is 7.31. The molecule has 0 amide bonds. The summed E-state index contributed by atoms with van der Waals surface area (Å²) in [5.74, 6) is -2.32. The van der Waals surface area contributed by atoms with E-state index in [4.69, 9.17) is 30.5 Å². The van der Waals surface area contributed by atoms with Crippen molar-refractivity contribution in [3.63, 3.8) is 0 Å². The van der Waals surface area contributed by atoms with Crippen molar-refractivity contribution in [2.75, 3.05) is 5.75 Å². The lowest BCUT2D eigenvalue weighted by atomic mass is 9.98. The minimum atomic E-state index is -2.20. The molecule has 220 valence electrons. The van der Waals surface area contributed by atoms with Crippen LogP contribution in [0.2, 0.25) is 5.02 Å². The second-order valence-corrected chi connectivity index (χ2v) is 11.0. The summed E-state index contributed by atoms with van der Waals surface area (Å²) in [6, 6.07) is 31.2. The summed E-state index contributed by atoms with van der Waals surface area (Å²) in [5.41, 5.74) is 0.554. The van der Waals surface area contributed by atoms with Gasteiger partial charge < -0.3 is 18.9 Å². The third-order valence-corrected chi connectivity index (χ3v) is 7.92. The highest BCUT2D eigenvalue weighted by molar-refractivity contribution is 7.99. The Labute approximate surface area is 256 Å². The van der Waals surface area contributed by atoms with Gasteiger partial charge in [0.25, 0.3) is 0 Å². The molecule has 1 saturated heterocycles. The highest BCUT2D eigenvalue weighted by atomic mass is 35.5. The van der Waals surface area contributed by atoms with Gasteiger partial charge in [0, 0.05) is 15.7 Å². The monoisotopic (exact) mass is 620 g/mol. The van der Waals surface area contributed by atoms with Crippen LogP contribution in [0.25, 0.3) is 0 Å². The lowest BCUT2D eigenvalue weighted by Gasteiger charge is -2.42. The second-order valence-electron chi connectivity index (χ2n) is 9.50. The van der Waals surface area contributed by atoms with Crippen LogP contribution in [0.3, 0.4) is 0 Å². The Morgan fingerprint density at radius 3 is 1.51 bits per heavy atom. The molecule has 1 aliphatic heterocycles.